The Morgan fingerprint density at radius 3 is 2.62 bits per heavy atom. The van der Waals surface area contributed by atoms with Gasteiger partial charge < -0.3 is 4.74 Å². The third kappa shape index (κ3) is 4.13. The molecular formula is C16H14F3N5O4S. The highest BCUT2D eigenvalue weighted by molar-refractivity contribution is 7.92. The third-order valence-electron chi connectivity index (χ3n) is 3.67. The average molecular weight is 429 g/mol. The first-order valence-electron chi connectivity index (χ1n) is 8.13. The van der Waals surface area contributed by atoms with E-state index in [4.69, 9.17) is 4.74 Å². The van der Waals surface area contributed by atoms with Crippen LogP contribution in [-0.4, -0.2) is 40.6 Å². The monoisotopic (exact) mass is 429 g/mol. The fourth-order valence-electron chi connectivity index (χ4n) is 2.42. The Bertz CT molecular complexity index is 1190. The van der Waals surface area contributed by atoms with Crippen molar-refractivity contribution in [3.05, 3.63) is 47.3 Å². The molecule has 0 saturated carbocycles. The molecular weight excluding hydrogens is 415 g/mol. The summed E-state index contributed by atoms with van der Waals surface area (Å²) in [6.45, 7) is 3.00. The van der Waals surface area contributed by atoms with Crippen molar-refractivity contribution < 1.29 is 31.1 Å². The number of hydrogen-bond donors (Lipinski definition) is 1. The van der Waals surface area contributed by atoms with Crippen molar-refractivity contribution >= 4 is 27.5 Å². The summed E-state index contributed by atoms with van der Waals surface area (Å²) in [5, 5.41) is 2.92. The van der Waals surface area contributed by atoms with Crippen molar-refractivity contribution in [2.75, 3.05) is 11.3 Å². The van der Waals surface area contributed by atoms with E-state index in [0.717, 1.165) is 16.6 Å². The number of aryl methyl sites for hydroxylation is 1. The van der Waals surface area contributed by atoms with E-state index in [9.17, 15) is 26.4 Å². The number of benzene rings is 1. The van der Waals surface area contributed by atoms with E-state index in [2.05, 4.69) is 15.1 Å². The van der Waals surface area contributed by atoms with Crippen LogP contribution in [-0.2, 0) is 20.9 Å². The zero-order chi connectivity index (χ0) is 21.4. The quantitative estimate of drug-likeness (QED) is 0.619. The van der Waals surface area contributed by atoms with Crippen molar-refractivity contribution in [2.45, 2.75) is 25.2 Å². The molecule has 3 rings (SSSR count). The van der Waals surface area contributed by atoms with Crippen LogP contribution in [0.15, 0.2) is 35.6 Å². The van der Waals surface area contributed by atoms with Gasteiger partial charge in [0.05, 0.1) is 23.4 Å². The van der Waals surface area contributed by atoms with Crippen molar-refractivity contribution in [3.8, 4) is 0 Å². The summed E-state index contributed by atoms with van der Waals surface area (Å²) < 4.78 is 73.2. The number of carbonyl (C=O) groups excluding carboxylic acids is 1. The highest BCUT2D eigenvalue weighted by atomic mass is 32.2. The number of esters is 1. The maximum atomic E-state index is 13.4. The van der Waals surface area contributed by atoms with Gasteiger partial charge in [0.25, 0.3) is 21.0 Å². The van der Waals surface area contributed by atoms with Crippen LogP contribution in [0.2, 0.25) is 0 Å². The molecule has 0 atom stereocenters. The third-order valence-corrected chi connectivity index (χ3v) is 4.80. The number of para-hydroxylation sites is 1. The molecule has 1 N–H and O–H groups in total. The van der Waals surface area contributed by atoms with Crippen LogP contribution in [0.25, 0.3) is 5.78 Å². The van der Waals surface area contributed by atoms with Crippen LogP contribution in [0.4, 0.5) is 18.9 Å². The summed E-state index contributed by atoms with van der Waals surface area (Å²) in [6.07, 6.45) is -3.54. The molecule has 0 amide bonds. The molecule has 0 spiro atoms. The normalized spacial score (nSPS) is 12.2. The molecule has 0 radical (unpaired) electrons. The minimum Gasteiger partial charge on any atom is -0.462 e. The number of ether oxygens (including phenoxy) is 1. The zero-order valence-electron chi connectivity index (χ0n) is 15.1. The van der Waals surface area contributed by atoms with Crippen LogP contribution in [0.5, 0.6) is 0 Å². The number of fused-ring (bicyclic) bond motifs is 1. The molecule has 0 fully saturated rings. The van der Waals surface area contributed by atoms with Gasteiger partial charge >= 0.3 is 12.1 Å². The molecule has 0 aliphatic rings. The second-order valence-corrected chi connectivity index (χ2v) is 7.34. The van der Waals surface area contributed by atoms with E-state index >= 15 is 0 Å². The molecule has 0 aliphatic heterocycles. The lowest BCUT2D eigenvalue weighted by Gasteiger charge is -2.16. The lowest BCUT2D eigenvalue weighted by Crippen LogP contribution is -2.21. The number of carbonyl (C=O) groups is 1. The van der Waals surface area contributed by atoms with E-state index in [1.165, 1.54) is 13.1 Å². The van der Waals surface area contributed by atoms with E-state index < -0.39 is 44.1 Å². The highest BCUT2D eigenvalue weighted by Crippen LogP contribution is 2.37. The zero-order valence-corrected chi connectivity index (χ0v) is 15.9. The standard InChI is InChI=1S/C16H14F3N5O4S/c1-3-28-13(25)10-5-4-6-11(16(17,18)19)12(10)23-29(26,27)15-21-14-20-9(2)7-8-24(14)22-15/h4-8,23H,3H2,1-2H3. The molecule has 0 aliphatic carbocycles. The van der Waals surface area contributed by atoms with Crippen molar-refractivity contribution in [1.82, 2.24) is 19.6 Å². The van der Waals surface area contributed by atoms with Crippen LogP contribution in [0, 0.1) is 6.92 Å². The Morgan fingerprint density at radius 1 is 1.24 bits per heavy atom. The smallest absolute Gasteiger partial charge is 0.418 e. The van der Waals surface area contributed by atoms with Gasteiger partial charge in [-0.05, 0) is 32.0 Å². The lowest BCUT2D eigenvalue weighted by atomic mass is 10.1. The maximum absolute atomic E-state index is 13.4. The summed E-state index contributed by atoms with van der Waals surface area (Å²) in [4.78, 5) is 19.8. The minimum atomic E-state index is -4.94. The average Bonchev–Trinajstić information content (AvgIpc) is 3.05. The summed E-state index contributed by atoms with van der Waals surface area (Å²) in [7, 11) is -4.68. The Balaban J connectivity index is 2.12. The SMILES string of the molecule is CCOC(=O)c1cccc(C(F)(F)F)c1NS(=O)(=O)c1nc2nc(C)ccn2n1. The van der Waals surface area contributed by atoms with Crippen molar-refractivity contribution in [2.24, 2.45) is 0 Å². The van der Waals surface area contributed by atoms with Gasteiger partial charge in [-0.2, -0.15) is 26.6 Å². The minimum absolute atomic E-state index is 0.0555. The molecule has 13 heteroatoms. The van der Waals surface area contributed by atoms with Crippen LogP contribution >= 0.6 is 0 Å². The molecule has 0 unspecified atom stereocenters. The first-order valence-corrected chi connectivity index (χ1v) is 9.61. The molecule has 0 bridgehead atoms. The maximum Gasteiger partial charge on any atom is 0.418 e. The van der Waals surface area contributed by atoms with Gasteiger partial charge in [-0.15, -0.1) is 5.10 Å². The number of nitrogens with zero attached hydrogens (tertiary/aromatic N) is 4. The van der Waals surface area contributed by atoms with Gasteiger partial charge in [0.15, 0.2) is 0 Å². The van der Waals surface area contributed by atoms with Gasteiger partial charge in [-0.3, -0.25) is 4.72 Å². The van der Waals surface area contributed by atoms with Gasteiger partial charge in [0.2, 0.25) is 0 Å². The molecule has 9 nitrogen and oxygen atoms in total. The lowest BCUT2D eigenvalue weighted by molar-refractivity contribution is -0.136. The second kappa shape index (κ2) is 7.31. The van der Waals surface area contributed by atoms with Crippen LogP contribution in [0.1, 0.15) is 28.5 Å². The number of halogens is 3. The molecule has 2 heterocycles. The number of rotatable bonds is 5. The highest BCUT2D eigenvalue weighted by Gasteiger charge is 2.37. The number of hydrogen-bond acceptors (Lipinski definition) is 7. The Kier molecular flexibility index (Phi) is 5.17. The van der Waals surface area contributed by atoms with E-state index in [1.54, 1.807) is 17.7 Å². The Labute approximate surface area is 162 Å². The molecule has 2 aromatic heterocycles. The predicted octanol–water partition coefficient (Wildman–Crippen LogP) is 2.43. The molecule has 1 aromatic carbocycles. The summed E-state index contributed by atoms with van der Waals surface area (Å²) >= 11 is 0. The molecule has 0 saturated heterocycles. The predicted molar refractivity (Wildman–Crippen MR) is 93.7 cm³/mol. The summed E-state index contributed by atoms with van der Waals surface area (Å²) in [6, 6.07) is 4.18. The fourth-order valence-corrected chi connectivity index (χ4v) is 3.39. The topological polar surface area (TPSA) is 116 Å². The van der Waals surface area contributed by atoms with Gasteiger partial charge in [-0.25, -0.2) is 14.3 Å². The Morgan fingerprint density at radius 2 is 1.97 bits per heavy atom. The number of anilines is 1. The largest absolute Gasteiger partial charge is 0.462 e. The molecule has 3 aromatic rings. The van der Waals surface area contributed by atoms with E-state index in [1.807, 2.05) is 0 Å². The second-order valence-electron chi connectivity index (χ2n) is 5.76. The van der Waals surface area contributed by atoms with E-state index in [-0.39, 0.29) is 12.4 Å². The van der Waals surface area contributed by atoms with Crippen LogP contribution in [0.3, 0.4) is 0 Å². The number of sulfonamides is 1. The van der Waals surface area contributed by atoms with Gasteiger partial charge in [-0.1, -0.05) is 6.07 Å². The number of aromatic nitrogens is 4. The fraction of sp³-hybridized carbons (Fsp3) is 0.250. The Hall–Kier alpha value is -3.22. The van der Waals surface area contributed by atoms with Gasteiger partial charge in [0, 0.05) is 11.9 Å². The summed E-state index contributed by atoms with van der Waals surface area (Å²) in [5.74, 6) is -1.17. The van der Waals surface area contributed by atoms with Gasteiger partial charge in [0.1, 0.15) is 0 Å². The van der Waals surface area contributed by atoms with Crippen molar-refractivity contribution in [1.29, 1.82) is 0 Å². The first kappa shape index (κ1) is 20.5. The molecule has 29 heavy (non-hydrogen) atoms. The summed E-state index contributed by atoms with van der Waals surface area (Å²) in [5.41, 5.74) is -2.39. The van der Waals surface area contributed by atoms with Crippen LogP contribution < -0.4 is 4.72 Å². The van der Waals surface area contributed by atoms with Crippen molar-refractivity contribution in [3.63, 3.8) is 0 Å². The first-order chi connectivity index (χ1) is 13.5. The number of alkyl halides is 3. The molecule has 154 valence electrons. The number of nitrogens with one attached hydrogen (secondary N) is 1. The van der Waals surface area contributed by atoms with E-state index in [0.29, 0.717) is 11.8 Å².